The molecule has 1 N–H and O–H groups in total. The second kappa shape index (κ2) is 8.07. The van der Waals surface area contributed by atoms with Crippen molar-refractivity contribution in [3.8, 4) is 0 Å². The van der Waals surface area contributed by atoms with E-state index >= 15 is 0 Å². The number of anilines is 2. The largest absolute Gasteiger partial charge is 0.370 e. The molecular weight excluding hydrogens is 314 g/mol. The minimum atomic E-state index is -0.0640. The molecule has 0 radical (unpaired) electrons. The first kappa shape index (κ1) is 17.4. The zero-order valence-electron chi connectivity index (χ0n) is 14.9. The van der Waals surface area contributed by atoms with Crippen LogP contribution in [0.1, 0.15) is 28.9 Å². The maximum Gasteiger partial charge on any atom is 0.277 e. The van der Waals surface area contributed by atoms with Crippen molar-refractivity contribution < 1.29 is 4.79 Å². The Balaban J connectivity index is 1.70. The number of benzene rings is 1. The van der Waals surface area contributed by atoms with Gasteiger partial charge in [0.2, 0.25) is 0 Å². The molecule has 0 spiro atoms. The van der Waals surface area contributed by atoms with E-state index in [0.717, 1.165) is 44.6 Å². The molecule has 1 aromatic carbocycles. The van der Waals surface area contributed by atoms with Crippen molar-refractivity contribution in [1.29, 1.82) is 0 Å². The molecule has 1 aliphatic rings. The van der Waals surface area contributed by atoms with Crippen molar-refractivity contribution in [1.82, 2.24) is 14.9 Å². The van der Waals surface area contributed by atoms with Gasteiger partial charge in [-0.1, -0.05) is 18.2 Å². The number of amides is 1. The van der Waals surface area contributed by atoms with Crippen LogP contribution >= 0.6 is 0 Å². The van der Waals surface area contributed by atoms with Gasteiger partial charge >= 0.3 is 0 Å². The molecule has 0 saturated heterocycles. The summed E-state index contributed by atoms with van der Waals surface area (Å²) in [5, 5.41) is 3.27. The molecule has 3 rings (SSSR count). The van der Waals surface area contributed by atoms with Crippen molar-refractivity contribution in [3.05, 3.63) is 47.9 Å². The van der Waals surface area contributed by atoms with Gasteiger partial charge in [0.15, 0.2) is 0 Å². The van der Waals surface area contributed by atoms with E-state index < -0.39 is 0 Å². The molecule has 0 bridgehead atoms. The fourth-order valence-corrected chi connectivity index (χ4v) is 3.07. The molecular formula is C19H25N5O. The van der Waals surface area contributed by atoms with E-state index in [-0.39, 0.29) is 5.91 Å². The predicted octanol–water partition coefficient (Wildman–Crippen LogP) is 2.43. The molecule has 1 aliphatic heterocycles. The average Bonchev–Trinajstić information content (AvgIpc) is 2.64. The lowest BCUT2D eigenvalue weighted by molar-refractivity contribution is 0.0980. The van der Waals surface area contributed by atoms with Crippen molar-refractivity contribution in [2.24, 2.45) is 0 Å². The number of carbonyl (C=O) groups excluding carboxylic acids is 1. The predicted molar refractivity (Wildman–Crippen MR) is 100 cm³/mol. The summed E-state index contributed by atoms with van der Waals surface area (Å²) in [6, 6.07) is 9.84. The molecule has 1 aromatic heterocycles. The molecule has 6 heteroatoms. The molecule has 132 valence electrons. The van der Waals surface area contributed by atoms with Crippen LogP contribution in [0.2, 0.25) is 0 Å². The summed E-state index contributed by atoms with van der Waals surface area (Å²) in [7, 11) is 4.11. The number of hydrogen-bond donors (Lipinski definition) is 1. The van der Waals surface area contributed by atoms with Crippen LogP contribution in [0, 0.1) is 0 Å². The van der Waals surface area contributed by atoms with E-state index in [9.17, 15) is 4.79 Å². The lowest BCUT2D eigenvalue weighted by Crippen LogP contribution is -2.36. The van der Waals surface area contributed by atoms with E-state index in [1.54, 1.807) is 6.07 Å². The lowest BCUT2D eigenvalue weighted by Gasteiger charge is -2.29. The molecule has 0 fully saturated rings. The first-order valence-electron chi connectivity index (χ1n) is 8.75. The number of aromatic nitrogens is 2. The zero-order chi connectivity index (χ0) is 17.6. The van der Waals surface area contributed by atoms with E-state index in [1.165, 1.54) is 11.9 Å². The van der Waals surface area contributed by atoms with Gasteiger partial charge in [0.25, 0.3) is 5.91 Å². The molecule has 0 atom stereocenters. The molecule has 2 heterocycles. The molecule has 1 amide bonds. The van der Waals surface area contributed by atoms with Gasteiger partial charge < -0.3 is 15.1 Å². The summed E-state index contributed by atoms with van der Waals surface area (Å²) in [6.07, 6.45) is 4.46. The highest BCUT2D eigenvalue weighted by Gasteiger charge is 2.24. The van der Waals surface area contributed by atoms with Gasteiger partial charge in [-0.3, -0.25) is 4.79 Å². The van der Waals surface area contributed by atoms with Crippen molar-refractivity contribution in [2.45, 2.75) is 19.3 Å². The summed E-state index contributed by atoms with van der Waals surface area (Å²) in [5.74, 6) is 0.633. The molecule has 2 aromatic rings. The number of fused-ring (bicyclic) bond motifs is 1. The quantitative estimate of drug-likeness (QED) is 0.819. The lowest BCUT2D eigenvalue weighted by atomic mass is 10.0. The van der Waals surface area contributed by atoms with E-state index in [4.69, 9.17) is 0 Å². The molecule has 0 saturated carbocycles. The number of aryl methyl sites for hydroxylation is 1. The topological polar surface area (TPSA) is 61.4 Å². The Hall–Kier alpha value is -2.47. The monoisotopic (exact) mass is 339 g/mol. The number of rotatable bonds is 6. The normalized spacial score (nSPS) is 13.6. The number of carbonyl (C=O) groups is 1. The van der Waals surface area contributed by atoms with Crippen LogP contribution in [0.4, 0.5) is 11.5 Å². The molecule has 6 nitrogen and oxygen atoms in total. The second-order valence-corrected chi connectivity index (χ2v) is 6.56. The van der Waals surface area contributed by atoms with Crippen LogP contribution in [0.3, 0.4) is 0 Å². The Morgan fingerprint density at radius 2 is 2.12 bits per heavy atom. The molecule has 0 aliphatic carbocycles. The first-order chi connectivity index (χ1) is 12.1. The van der Waals surface area contributed by atoms with Gasteiger partial charge in [-0.25, -0.2) is 9.97 Å². The summed E-state index contributed by atoms with van der Waals surface area (Å²) < 4.78 is 0. The molecule has 0 unspecified atom stereocenters. The Kier molecular flexibility index (Phi) is 5.60. The van der Waals surface area contributed by atoms with Crippen molar-refractivity contribution in [2.75, 3.05) is 43.9 Å². The number of nitrogens with zero attached hydrogens (tertiary/aromatic N) is 4. The zero-order valence-corrected chi connectivity index (χ0v) is 14.9. The van der Waals surface area contributed by atoms with E-state index in [0.29, 0.717) is 11.5 Å². The number of para-hydroxylation sites is 1. The minimum absolute atomic E-state index is 0.0640. The van der Waals surface area contributed by atoms with Gasteiger partial charge in [0.1, 0.15) is 17.8 Å². The summed E-state index contributed by atoms with van der Waals surface area (Å²) in [4.78, 5) is 25.3. The van der Waals surface area contributed by atoms with Crippen LogP contribution in [-0.4, -0.2) is 54.5 Å². The second-order valence-electron chi connectivity index (χ2n) is 6.56. The standard InChI is InChI=1S/C19H25N5O/c1-23(2)11-6-10-20-18-13-16(21-14-22-18)19(25)24-12-5-8-15-7-3-4-9-17(15)24/h3-4,7,9,13-14H,5-6,8,10-12H2,1-2H3,(H,20,21,22). The van der Waals surface area contributed by atoms with E-state index in [2.05, 4.69) is 40.3 Å². The Labute approximate surface area is 148 Å². The SMILES string of the molecule is CN(C)CCCNc1cc(C(=O)N2CCCc3ccccc32)ncn1. The highest BCUT2D eigenvalue weighted by molar-refractivity contribution is 6.05. The smallest absolute Gasteiger partial charge is 0.277 e. The van der Waals surface area contributed by atoms with Crippen LogP contribution in [0.15, 0.2) is 36.7 Å². The van der Waals surface area contributed by atoms with E-state index in [1.807, 2.05) is 23.1 Å². The maximum atomic E-state index is 12.9. The summed E-state index contributed by atoms with van der Waals surface area (Å²) in [5.41, 5.74) is 2.65. The Morgan fingerprint density at radius 1 is 1.28 bits per heavy atom. The van der Waals surface area contributed by atoms with Crippen molar-refractivity contribution >= 4 is 17.4 Å². The average molecular weight is 339 g/mol. The number of hydrogen-bond acceptors (Lipinski definition) is 5. The third kappa shape index (κ3) is 4.33. The van der Waals surface area contributed by atoms with Crippen LogP contribution < -0.4 is 10.2 Å². The first-order valence-corrected chi connectivity index (χ1v) is 8.75. The molecule has 25 heavy (non-hydrogen) atoms. The van der Waals surface area contributed by atoms with Gasteiger partial charge in [-0.05, 0) is 51.5 Å². The van der Waals surface area contributed by atoms with Gasteiger partial charge in [-0.2, -0.15) is 0 Å². The highest BCUT2D eigenvalue weighted by Crippen LogP contribution is 2.27. The third-order valence-electron chi connectivity index (χ3n) is 4.33. The summed E-state index contributed by atoms with van der Waals surface area (Å²) >= 11 is 0. The Morgan fingerprint density at radius 3 is 2.96 bits per heavy atom. The van der Waals surface area contributed by atoms with Crippen LogP contribution in [0.25, 0.3) is 0 Å². The highest BCUT2D eigenvalue weighted by atomic mass is 16.2. The Bertz CT molecular complexity index is 731. The maximum absolute atomic E-state index is 12.9. The number of nitrogens with one attached hydrogen (secondary N) is 1. The van der Waals surface area contributed by atoms with Crippen LogP contribution in [0.5, 0.6) is 0 Å². The van der Waals surface area contributed by atoms with Crippen LogP contribution in [-0.2, 0) is 6.42 Å². The van der Waals surface area contributed by atoms with Crippen molar-refractivity contribution in [3.63, 3.8) is 0 Å². The fourth-order valence-electron chi connectivity index (χ4n) is 3.07. The third-order valence-corrected chi connectivity index (χ3v) is 4.33. The van der Waals surface area contributed by atoms with Gasteiger partial charge in [0, 0.05) is 24.8 Å². The van der Waals surface area contributed by atoms with Gasteiger partial charge in [0.05, 0.1) is 0 Å². The fraction of sp³-hybridized carbons (Fsp3) is 0.421. The van der Waals surface area contributed by atoms with Gasteiger partial charge in [-0.15, -0.1) is 0 Å². The minimum Gasteiger partial charge on any atom is -0.370 e. The summed E-state index contributed by atoms with van der Waals surface area (Å²) in [6.45, 7) is 2.55.